The van der Waals surface area contributed by atoms with E-state index in [4.69, 9.17) is 0 Å². The molecule has 10 rings (SSSR count). The summed E-state index contributed by atoms with van der Waals surface area (Å²) in [5, 5.41) is 5.99. The summed E-state index contributed by atoms with van der Waals surface area (Å²) in [5.41, 5.74) is 11.6. The van der Waals surface area contributed by atoms with E-state index in [-0.39, 0.29) is 21.7 Å². The largest absolute Gasteiger partial charge is 0.307 e. The third-order valence-electron chi connectivity index (χ3n) is 11.9. The lowest BCUT2D eigenvalue weighted by Crippen LogP contribution is -2.27. The first kappa shape index (κ1) is 32.6. The molecule has 264 valence electrons. The minimum absolute atomic E-state index is 0.0622. The molecular formula is C49H42N3O2+. The number of hydrogen-bond acceptors (Lipinski definition) is 2. The van der Waals surface area contributed by atoms with Crippen molar-refractivity contribution >= 4 is 76.5 Å². The second kappa shape index (κ2) is 10.8. The standard InChI is InChI=1S/C49H42N3O2/c1-27-13-11-16-33-32-14-9-10-17-38(32)52-44-31(15-12-18-39(44)50(8)47(52)42(27)33)28-23-36-43-37(24-28)46(54)35-22-20-30(49(5,6)7)26-41(35)51(43)40-25-29(48(2,3)4)19-21-34(40)45(36)53/h9-26H,1-8H3/q+1. The second-order valence-corrected chi connectivity index (χ2v) is 17.3. The van der Waals surface area contributed by atoms with Crippen molar-refractivity contribution in [3.05, 3.63) is 146 Å². The minimum Gasteiger partial charge on any atom is -0.307 e. The van der Waals surface area contributed by atoms with E-state index in [1.807, 2.05) is 24.3 Å². The third-order valence-corrected chi connectivity index (χ3v) is 11.9. The van der Waals surface area contributed by atoms with Gasteiger partial charge in [0.15, 0.2) is 21.9 Å². The highest BCUT2D eigenvalue weighted by atomic mass is 16.1. The summed E-state index contributed by atoms with van der Waals surface area (Å²) in [5.74, 6) is 0. The van der Waals surface area contributed by atoms with Gasteiger partial charge in [-0.1, -0.05) is 96.1 Å². The van der Waals surface area contributed by atoms with E-state index < -0.39 is 0 Å². The van der Waals surface area contributed by atoms with E-state index in [1.54, 1.807) is 0 Å². The lowest BCUT2D eigenvalue weighted by molar-refractivity contribution is -0.617. The van der Waals surface area contributed by atoms with Gasteiger partial charge in [0.25, 0.3) is 5.65 Å². The first-order valence-corrected chi connectivity index (χ1v) is 18.8. The Kier molecular flexibility index (Phi) is 6.49. The predicted octanol–water partition coefficient (Wildman–Crippen LogP) is 10.7. The van der Waals surface area contributed by atoms with Gasteiger partial charge < -0.3 is 4.40 Å². The van der Waals surface area contributed by atoms with E-state index in [2.05, 4.69) is 154 Å². The molecule has 54 heavy (non-hydrogen) atoms. The molecule has 0 bridgehead atoms. The summed E-state index contributed by atoms with van der Waals surface area (Å²) < 4.78 is 6.86. The van der Waals surface area contributed by atoms with Crippen LogP contribution in [0.15, 0.2) is 119 Å². The number of para-hydroxylation sites is 2. The zero-order chi connectivity index (χ0) is 37.6. The van der Waals surface area contributed by atoms with Crippen molar-refractivity contribution in [1.82, 2.24) is 8.80 Å². The second-order valence-electron chi connectivity index (χ2n) is 17.3. The summed E-state index contributed by atoms with van der Waals surface area (Å²) >= 11 is 0. The SMILES string of the molecule is Cc1cccc2c3ccccc3n3c4c(-c5cc6c(=O)c7ccc(C(C)(C)C)cc7n7c8cc(C(C)(C)C)ccc8c(=O)c(c5)c67)cccc4[n+](C)c3c12. The van der Waals surface area contributed by atoms with E-state index in [1.165, 1.54) is 21.7 Å². The zero-order valence-corrected chi connectivity index (χ0v) is 32.1. The van der Waals surface area contributed by atoms with Gasteiger partial charge in [-0.15, -0.1) is 0 Å². The van der Waals surface area contributed by atoms with Gasteiger partial charge in [-0.3, -0.25) is 9.59 Å². The van der Waals surface area contributed by atoms with Crippen LogP contribution in [-0.4, -0.2) is 8.80 Å². The van der Waals surface area contributed by atoms with E-state index in [0.29, 0.717) is 27.1 Å². The first-order chi connectivity index (χ1) is 25.7. The lowest BCUT2D eigenvalue weighted by atomic mass is 9.85. The Hall–Kier alpha value is -6.07. The molecule has 0 radical (unpaired) electrons. The number of pyridine rings is 3. The molecule has 0 fully saturated rings. The number of aromatic nitrogens is 3. The van der Waals surface area contributed by atoms with Crippen molar-refractivity contribution < 1.29 is 4.57 Å². The number of fused-ring (bicyclic) bond motifs is 12. The van der Waals surface area contributed by atoms with E-state index in [9.17, 15) is 9.59 Å². The number of nitrogens with zero attached hydrogens (tertiary/aromatic N) is 3. The molecule has 10 aromatic rings. The molecule has 0 aliphatic carbocycles. The topological polar surface area (TPSA) is 46.8 Å². The molecule has 0 amide bonds. The fourth-order valence-corrected chi connectivity index (χ4v) is 9.03. The normalized spacial score (nSPS) is 13.0. The Morgan fingerprint density at radius 3 is 1.70 bits per heavy atom. The maximum Gasteiger partial charge on any atom is 0.295 e. The van der Waals surface area contributed by atoms with Crippen molar-refractivity contribution in [2.75, 3.05) is 0 Å². The summed E-state index contributed by atoms with van der Waals surface area (Å²) in [6, 6.07) is 38.0. The molecule has 0 N–H and O–H groups in total. The van der Waals surface area contributed by atoms with E-state index >= 15 is 0 Å². The Morgan fingerprint density at radius 1 is 0.519 bits per heavy atom. The predicted molar refractivity (Wildman–Crippen MR) is 226 cm³/mol. The van der Waals surface area contributed by atoms with Gasteiger partial charge in [-0.05, 0) is 94.6 Å². The van der Waals surface area contributed by atoms with Crippen molar-refractivity contribution in [1.29, 1.82) is 0 Å². The van der Waals surface area contributed by atoms with Crippen LogP contribution < -0.4 is 15.4 Å². The van der Waals surface area contributed by atoms with Crippen LogP contribution in [0.3, 0.4) is 0 Å². The van der Waals surface area contributed by atoms with Crippen LogP contribution >= 0.6 is 0 Å². The van der Waals surface area contributed by atoms with Crippen LogP contribution in [0.1, 0.15) is 58.2 Å². The lowest BCUT2D eigenvalue weighted by Gasteiger charge is -2.23. The van der Waals surface area contributed by atoms with Crippen molar-refractivity contribution in [3.8, 4) is 11.1 Å². The molecule has 4 aromatic heterocycles. The van der Waals surface area contributed by atoms with Crippen LogP contribution in [0.5, 0.6) is 0 Å². The minimum atomic E-state index is -0.129. The molecule has 4 heterocycles. The summed E-state index contributed by atoms with van der Waals surface area (Å²) in [7, 11) is 2.13. The number of imidazole rings is 1. The maximum absolute atomic E-state index is 14.8. The Morgan fingerprint density at radius 2 is 1.09 bits per heavy atom. The van der Waals surface area contributed by atoms with Crippen molar-refractivity contribution in [3.63, 3.8) is 0 Å². The summed E-state index contributed by atoms with van der Waals surface area (Å²) in [6.07, 6.45) is 0. The fraction of sp³-hybridized carbons (Fsp3) is 0.204. The number of benzene rings is 6. The molecule has 0 aliphatic heterocycles. The molecule has 0 saturated heterocycles. The highest BCUT2D eigenvalue weighted by Gasteiger charge is 2.28. The fourth-order valence-electron chi connectivity index (χ4n) is 9.03. The van der Waals surface area contributed by atoms with E-state index in [0.717, 1.165) is 55.5 Å². The summed E-state index contributed by atoms with van der Waals surface area (Å²) in [6.45, 7) is 15.3. The quantitative estimate of drug-likeness (QED) is 0.0970. The highest BCUT2D eigenvalue weighted by molar-refractivity contribution is 6.15. The Balaban J connectivity index is 1.42. The monoisotopic (exact) mass is 704 g/mol. The molecule has 0 atom stereocenters. The van der Waals surface area contributed by atoms with Crippen LogP contribution in [0, 0.1) is 6.92 Å². The number of hydrogen-bond donors (Lipinski definition) is 0. The van der Waals surface area contributed by atoms with Gasteiger partial charge in [0.05, 0.1) is 29.0 Å². The highest BCUT2D eigenvalue weighted by Crippen LogP contribution is 2.39. The van der Waals surface area contributed by atoms with Gasteiger partial charge >= 0.3 is 0 Å². The molecule has 0 saturated carbocycles. The summed E-state index contributed by atoms with van der Waals surface area (Å²) in [4.78, 5) is 29.7. The van der Waals surface area contributed by atoms with Crippen LogP contribution in [0.4, 0.5) is 0 Å². The zero-order valence-electron chi connectivity index (χ0n) is 32.1. The third kappa shape index (κ3) is 4.29. The number of aryl methyl sites for hydroxylation is 2. The molecule has 0 spiro atoms. The molecule has 0 aliphatic rings. The molecule has 5 nitrogen and oxygen atoms in total. The molecular weight excluding hydrogens is 663 g/mol. The average Bonchev–Trinajstić information content (AvgIpc) is 3.45. The van der Waals surface area contributed by atoms with Gasteiger partial charge in [0.1, 0.15) is 5.52 Å². The van der Waals surface area contributed by atoms with Crippen LogP contribution in [0.2, 0.25) is 0 Å². The Bertz CT molecular complexity index is 3290. The Labute approximate surface area is 312 Å². The molecule has 6 aromatic carbocycles. The van der Waals surface area contributed by atoms with Gasteiger partial charge in [-0.2, -0.15) is 4.40 Å². The van der Waals surface area contributed by atoms with Gasteiger partial charge in [-0.25, -0.2) is 4.57 Å². The van der Waals surface area contributed by atoms with Gasteiger partial charge in [0, 0.05) is 37.9 Å². The number of rotatable bonds is 1. The van der Waals surface area contributed by atoms with Gasteiger partial charge in [0.2, 0.25) is 0 Å². The average molecular weight is 705 g/mol. The van der Waals surface area contributed by atoms with Crippen LogP contribution in [-0.2, 0) is 17.9 Å². The smallest absolute Gasteiger partial charge is 0.295 e. The molecule has 5 heteroatoms. The van der Waals surface area contributed by atoms with Crippen molar-refractivity contribution in [2.24, 2.45) is 7.05 Å². The first-order valence-electron chi connectivity index (χ1n) is 18.8. The molecule has 0 unspecified atom stereocenters. The van der Waals surface area contributed by atoms with Crippen molar-refractivity contribution in [2.45, 2.75) is 59.3 Å². The maximum atomic E-state index is 14.8. The van der Waals surface area contributed by atoms with Crippen LogP contribution in [0.25, 0.3) is 87.6 Å².